The number of ether oxygens (including phenoxy) is 1. The second-order valence-electron chi connectivity index (χ2n) is 5.52. The standard InChI is InChI=1S/C19H20N2O2/c1-3-4-12-22-17-7-5-6-16(13-17)19-20-18(21-23-19)15-10-8-14(2)9-11-15/h5-11,13H,3-4,12H2,1-2H3. The van der Waals surface area contributed by atoms with Crippen molar-refractivity contribution in [1.82, 2.24) is 10.1 Å². The van der Waals surface area contributed by atoms with Gasteiger partial charge in [0.15, 0.2) is 0 Å². The summed E-state index contributed by atoms with van der Waals surface area (Å²) in [7, 11) is 0. The van der Waals surface area contributed by atoms with Crippen molar-refractivity contribution < 1.29 is 9.26 Å². The van der Waals surface area contributed by atoms with Crippen LogP contribution in [0.3, 0.4) is 0 Å². The topological polar surface area (TPSA) is 48.2 Å². The molecule has 0 aliphatic rings. The van der Waals surface area contributed by atoms with E-state index in [-0.39, 0.29) is 0 Å². The summed E-state index contributed by atoms with van der Waals surface area (Å²) in [6, 6.07) is 15.8. The summed E-state index contributed by atoms with van der Waals surface area (Å²) in [5.74, 6) is 1.92. The number of nitrogens with zero attached hydrogens (tertiary/aromatic N) is 2. The first-order chi connectivity index (χ1) is 11.3. The van der Waals surface area contributed by atoms with Crippen LogP contribution < -0.4 is 4.74 Å². The lowest BCUT2D eigenvalue weighted by molar-refractivity contribution is 0.309. The molecule has 0 N–H and O–H groups in total. The Morgan fingerprint density at radius 1 is 1.04 bits per heavy atom. The van der Waals surface area contributed by atoms with E-state index in [0.717, 1.165) is 36.3 Å². The van der Waals surface area contributed by atoms with Gasteiger partial charge in [-0.3, -0.25) is 0 Å². The van der Waals surface area contributed by atoms with Gasteiger partial charge >= 0.3 is 0 Å². The average Bonchev–Trinajstić information content (AvgIpc) is 3.06. The van der Waals surface area contributed by atoms with Crippen LogP contribution in [0.2, 0.25) is 0 Å². The molecule has 0 aliphatic carbocycles. The first-order valence-electron chi connectivity index (χ1n) is 7.90. The van der Waals surface area contributed by atoms with Crippen LogP contribution in [0.1, 0.15) is 25.3 Å². The minimum absolute atomic E-state index is 0.501. The van der Waals surface area contributed by atoms with Crippen LogP contribution in [0.4, 0.5) is 0 Å². The Labute approximate surface area is 136 Å². The summed E-state index contributed by atoms with van der Waals surface area (Å²) in [4.78, 5) is 4.48. The molecule has 0 aliphatic heterocycles. The molecule has 0 atom stereocenters. The molecule has 0 saturated carbocycles. The third kappa shape index (κ3) is 3.77. The third-order valence-corrected chi connectivity index (χ3v) is 3.58. The van der Waals surface area contributed by atoms with Crippen LogP contribution >= 0.6 is 0 Å². The Bertz CT molecular complexity index is 763. The summed E-state index contributed by atoms with van der Waals surface area (Å²) in [5, 5.41) is 4.07. The molecule has 0 amide bonds. The van der Waals surface area contributed by atoms with E-state index in [1.807, 2.05) is 48.5 Å². The van der Waals surface area contributed by atoms with Gasteiger partial charge < -0.3 is 9.26 Å². The highest BCUT2D eigenvalue weighted by Crippen LogP contribution is 2.25. The second-order valence-corrected chi connectivity index (χ2v) is 5.52. The Kier molecular flexibility index (Phi) is 4.71. The Hall–Kier alpha value is -2.62. The van der Waals surface area contributed by atoms with Crippen LogP contribution in [-0.4, -0.2) is 16.7 Å². The van der Waals surface area contributed by atoms with Crippen molar-refractivity contribution >= 4 is 0 Å². The van der Waals surface area contributed by atoms with Crippen molar-refractivity contribution in [3.05, 3.63) is 54.1 Å². The SMILES string of the molecule is CCCCOc1cccc(-c2nc(-c3ccc(C)cc3)no2)c1. The Balaban J connectivity index is 1.80. The minimum Gasteiger partial charge on any atom is -0.494 e. The fourth-order valence-corrected chi connectivity index (χ4v) is 2.21. The van der Waals surface area contributed by atoms with Gasteiger partial charge in [-0.1, -0.05) is 54.4 Å². The zero-order valence-corrected chi connectivity index (χ0v) is 13.5. The molecule has 1 heterocycles. The van der Waals surface area contributed by atoms with Gasteiger partial charge in [0, 0.05) is 11.1 Å². The highest BCUT2D eigenvalue weighted by molar-refractivity contribution is 5.61. The summed E-state index contributed by atoms with van der Waals surface area (Å²) in [6.07, 6.45) is 2.16. The fourth-order valence-electron chi connectivity index (χ4n) is 2.21. The Morgan fingerprint density at radius 2 is 1.87 bits per heavy atom. The zero-order chi connectivity index (χ0) is 16.1. The van der Waals surface area contributed by atoms with Gasteiger partial charge in [0.1, 0.15) is 5.75 Å². The van der Waals surface area contributed by atoms with Gasteiger partial charge in [-0.15, -0.1) is 0 Å². The molecule has 4 nitrogen and oxygen atoms in total. The van der Waals surface area contributed by atoms with E-state index in [1.165, 1.54) is 5.56 Å². The highest BCUT2D eigenvalue weighted by atomic mass is 16.5. The average molecular weight is 308 g/mol. The van der Waals surface area contributed by atoms with Gasteiger partial charge in [0.2, 0.25) is 5.82 Å². The number of unbranched alkanes of at least 4 members (excludes halogenated alkanes) is 1. The van der Waals surface area contributed by atoms with E-state index in [1.54, 1.807) is 0 Å². The normalized spacial score (nSPS) is 10.7. The summed E-state index contributed by atoms with van der Waals surface area (Å²) in [6.45, 7) is 4.92. The lowest BCUT2D eigenvalue weighted by atomic mass is 10.1. The smallest absolute Gasteiger partial charge is 0.258 e. The lowest BCUT2D eigenvalue weighted by Gasteiger charge is -2.05. The van der Waals surface area contributed by atoms with Crippen molar-refractivity contribution in [2.45, 2.75) is 26.7 Å². The van der Waals surface area contributed by atoms with Crippen molar-refractivity contribution in [3.8, 4) is 28.6 Å². The molecular weight excluding hydrogens is 288 g/mol. The Morgan fingerprint density at radius 3 is 2.65 bits per heavy atom. The number of rotatable bonds is 6. The van der Waals surface area contributed by atoms with E-state index in [0.29, 0.717) is 11.7 Å². The van der Waals surface area contributed by atoms with E-state index >= 15 is 0 Å². The van der Waals surface area contributed by atoms with E-state index < -0.39 is 0 Å². The summed E-state index contributed by atoms with van der Waals surface area (Å²) in [5.41, 5.74) is 3.01. The quantitative estimate of drug-likeness (QED) is 0.608. The number of aromatic nitrogens is 2. The largest absolute Gasteiger partial charge is 0.494 e. The van der Waals surface area contributed by atoms with Crippen LogP contribution in [0.15, 0.2) is 53.1 Å². The molecule has 3 aromatic rings. The van der Waals surface area contributed by atoms with Crippen LogP contribution in [-0.2, 0) is 0 Å². The van der Waals surface area contributed by atoms with E-state index in [9.17, 15) is 0 Å². The monoisotopic (exact) mass is 308 g/mol. The molecule has 0 spiro atoms. The highest BCUT2D eigenvalue weighted by Gasteiger charge is 2.11. The van der Waals surface area contributed by atoms with Crippen LogP contribution in [0.5, 0.6) is 5.75 Å². The summed E-state index contributed by atoms with van der Waals surface area (Å²) < 4.78 is 11.1. The molecule has 0 radical (unpaired) electrons. The molecular formula is C19H20N2O2. The second kappa shape index (κ2) is 7.09. The van der Waals surface area contributed by atoms with Crippen LogP contribution in [0, 0.1) is 6.92 Å². The molecule has 2 aromatic carbocycles. The molecule has 4 heteroatoms. The van der Waals surface area contributed by atoms with Gasteiger partial charge in [-0.05, 0) is 31.5 Å². The third-order valence-electron chi connectivity index (χ3n) is 3.58. The molecule has 23 heavy (non-hydrogen) atoms. The van der Waals surface area contributed by atoms with Gasteiger partial charge in [0.25, 0.3) is 5.89 Å². The predicted molar refractivity (Wildman–Crippen MR) is 90.3 cm³/mol. The maximum atomic E-state index is 5.72. The zero-order valence-electron chi connectivity index (χ0n) is 13.5. The van der Waals surface area contributed by atoms with Crippen LogP contribution in [0.25, 0.3) is 22.8 Å². The minimum atomic E-state index is 0.501. The van der Waals surface area contributed by atoms with Crippen molar-refractivity contribution in [2.24, 2.45) is 0 Å². The molecule has 0 bridgehead atoms. The van der Waals surface area contributed by atoms with Gasteiger partial charge in [-0.2, -0.15) is 4.98 Å². The number of hydrogen-bond acceptors (Lipinski definition) is 4. The van der Waals surface area contributed by atoms with E-state index in [2.05, 4.69) is 24.0 Å². The van der Waals surface area contributed by atoms with Crippen molar-refractivity contribution in [1.29, 1.82) is 0 Å². The van der Waals surface area contributed by atoms with Gasteiger partial charge in [0.05, 0.1) is 6.61 Å². The molecule has 1 aromatic heterocycles. The molecule has 0 saturated heterocycles. The lowest BCUT2D eigenvalue weighted by Crippen LogP contribution is -1.96. The number of hydrogen-bond donors (Lipinski definition) is 0. The van der Waals surface area contributed by atoms with Gasteiger partial charge in [-0.25, -0.2) is 0 Å². The molecule has 0 fully saturated rings. The fraction of sp³-hybridized carbons (Fsp3) is 0.263. The molecule has 118 valence electrons. The number of benzene rings is 2. The maximum absolute atomic E-state index is 5.72. The first kappa shape index (κ1) is 15.3. The first-order valence-corrected chi connectivity index (χ1v) is 7.90. The van der Waals surface area contributed by atoms with Crippen molar-refractivity contribution in [3.63, 3.8) is 0 Å². The van der Waals surface area contributed by atoms with Crippen molar-refractivity contribution in [2.75, 3.05) is 6.61 Å². The predicted octanol–water partition coefficient (Wildman–Crippen LogP) is 4.89. The van der Waals surface area contributed by atoms with E-state index in [4.69, 9.17) is 9.26 Å². The maximum Gasteiger partial charge on any atom is 0.258 e. The number of aryl methyl sites for hydroxylation is 1. The summed E-state index contributed by atoms with van der Waals surface area (Å²) >= 11 is 0. The molecule has 3 rings (SSSR count). The molecule has 0 unspecified atom stereocenters.